The molecule has 14 nitrogen and oxygen atoms in total. The predicted octanol–water partition coefficient (Wildman–Crippen LogP) is 0.521. The number of hydrogen-bond acceptors (Lipinski definition) is 13. The van der Waals surface area contributed by atoms with Crippen LogP contribution in [0.2, 0.25) is 0 Å². The minimum atomic E-state index is -1.52. The maximum atomic E-state index is 12.9. The van der Waals surface area contributed by atoms with Crippen LogP contribution in [0.5, 0.6) is 0 Å². The summed E-state index contributed by atoms with van der Waals surface area (Å²) in [6.45, 7) is 3.79. The average molecular weight is 538 g/mol. The second kappa shape index (κ2) is 10.0. The molecule has 5 N–H and O–H groups in total. The number of β-lactam (4-membered cyclic amide) rings is 1. The molecular formula is C18H19N9O5S3. The molecule has 4 heterocycles. The van der Waals surface area contributed by atoms with Crippen molar-refractivity contribution in [3.63, 3.8) is 0 Å². The summed E-state index contributed by atoms with van der Waals surface area (Å²) in [7, 11) is 1.28. The molecule has 3 atom stereocenters. The number of carbonyl (C=O) groups is 3. The number of aromatic nitrogens is 5. The number of anilines is 1. The van der Waals surface area contributed by atoms with Gasteiger partial charge in [0.25, 0.3) is 5.91 Å². The van der Waals surface area contributed by atoms with Gasteiger partial charge in [-0.05, 0) is 16.8 Å². The van der Waals surface area contributed by atoms with Crippen LogP contribution < -0.4 is 11.1 Å². The first kappa shape index (κ1) is 24.7. The van der Waals surface area contributed by atoms with E-state index in [0.717, 1.165) is 29.3 Å². The molecule has 2 unspecified atom stereocenters. The van der Waals surface area contributed by atoms with Crippen molar-refractivity contribution in [3.05, 3.63) is 35.0 Å². The van der Waals surface area contributed by atoms with Crippen molar-refractivity contribution in [2.45, 2.75) is 33.5 Å². The summed E-state index contributed by atoms with van der Waals surface area (Å²) in [5, 5.41) is 31.3. The van der Waals surface area contributed by atoms with E-state index in [9.17, 15) is 19.5 Å². The largest absolute Gasteiger partial charge is 0.477 e. The van der Waals surface area contributed by atoms with Crippen molar-refractivity contribution in [2.75, 3.05) is 12.8 Å². The Labute approximate surface area is 210 Å². The van der Waals surface area contributed by atoms with Crippen LogP contribution in [0.25, 0.3) is 0 Å². The molecule has 35 heavy (non-hydrogen) atoms. The zero-order chi connectivity index (χ0) is 25.2. The minimum Gasteiger partial charge on any atom is -0.477 e. The number of aromatic amines is 1. The number of thiazole rings is 1. The van der Waals surface area contributed by atoms with E-state index in [1.165, 1.54) is 23.8 Å². The fourth-order valence-electron chi connectivity index (χ4n) is 3.74. The van der Waals surface area contributed by atoms with Gasteiger partial charge in [-0.25, -0.2) is 14.9 Å². The highest BCUT2D eigenvalue weighted by atomic mass is 32.2. The summed E-state index contributed by atoms with van der Waals surface area (Å²) in [5.74, 6) is -2.35. The maximum Gasteiger partial charge on any atom is 0.352 e. The summed E-state index contributed by atoms with van der Waals surface area (Å²) in [6, 6.07) is 0. The molecule has 0 saturated carbocycles. The van der Waals surface area contributed by atoms with E-state index in [1.54, 1.807) is 11.5 Å². The first-order valence-electron chi connectivity index (χ1n) is 9.90. The lowest BCUT2D eigenvalue weighted by Crippen LogP contribution is -2.62. The predicted molar refractivity (Wildman–Crippen MR) is 128 cm³/mol. The first-order chi connectivity index (χ1) is 16.8. The Morgan fingerprint density at radius 3 is 2.97 bits per heavy atom. The highest BCUT2D eigenvalue weighted by Gasteiger charge is 2.58. The minimum absolute atomic E-state index is 0.0867. The fourth-order valence-corrected chi connectivity index (χ4v) is 7.30. The van der Waals surface area contributed by atoms with E-state index in [-0.39, 0.29) is 35.2 Å². The van der Waals surface area contributed by atoms with Gasteiger partial charge in [0, 0.05) is 16.2 Å². The third-order valence-corrected chi connectivity index (χ3v) is 8.35. The van der Waals surface area contributed by atoms with Crippen molar-refractivity contribution in [2.24, 2.45) is 5.16 Å². The number of nitrogens with one attached hydrogen (secondary N) is 2. The number of carboxylic acids is 1. The van der Waals surface area contributed by atoms with Crippen LogP contribution in [-0.4, -0.2) is 77.3 Å². The van der Waals surface area contributed by atoms with Crippen molar-refractivity contribution < 1.29 is 24.3 Å². The molecule has 17 heteroatoms. The maximum absolute atomic E-state index is 12.9. The fraction of sp³-hybridized carbons (Fsp3) is 0.333. The smallest absolute Gasteiger partial charge is 0.352 e. The number of tetrazole rings is 1. The number of thioether (sulfide) groups is 2. The second-order valence-corrected chi connectivity index (χ2v) is 10.6. The van der Waals surface area contributed by atoms with Gasteiger partial charge in [0.05, 0.1) is 17.5 Å². The molecule has 4 rings (SSSR count). The van der Waals surface area contributed by atoms with Crippen LogP contribution in [-0.2, 0) is 24.1 Å². The summed E-state index contributed by atoms with van der Waals surface area (Å²) in [6.07, 6.45) is 2.85. The van der Waals surface area contributed by atoms with Gasteiger partial charge in [0.1, 0.15) is 19.0 Å². The number of nitrogens with two attached hydrogens (primary N) is 1. The highest BCUT2D eigenvalue weighted by Crippen LogP contribution is 2.57. The van der Waals surface area contributed by atoms with Crippen LogP contribution in [0.4, 0.5) is 5.13 Å². The number of carbonyl (C=O) groups excluding carboxylic acids is 2. The number of nitrogen functional groups attached to an aromatic ring is 1. The van der Waals surface area contributed by atoms with Gasteiger partial charge in [-0.3, -0.25) is 14.5 Å². The van der Waals surface area contributed by atoms with Gasteiger partial charge >= 0.3 is 5.97 Å². The highest BCUT2D eigenvalue weighted by molar-refractivity contribution is 8.01. The quantitative estimate of drug-likeness (QED) is 0.108. The van der Waals surface area contributed by atoms with Gasteiger partial charge in [0.2, 0.25) is 11.1 Å². The lowest BCUT2D eigenvalue weighted by molar-refractivity contribution is -0.146. The van der Waals surface area contributed by atoms with E-state index in [0.29, 0.717) is 10.9 Å². The number of nitrogens with zero attached hydrogens (tertiary/aromatic N) is 6. The van der Waals surface area contributed by atoms with Crippen molar-refractivity contribution in [3.8, 4) is 0 Å². The van der Waals surface area contributed by atoms with E-state index in [4.69, 9.17) is 5.73 Å². The SMILES string of the molecule is C=CCC(Sc1nnn[nH]1)C1=C(C(=O)O)N2C(=O)C[C@@H]2SC1(NC(=O)C=NOC)c1csc(N)n1. The number of carboxylic acid groups (broad SMARTS) is 1. The summed E-state index contributed by atoms with van der Waals surface area (Å²) < 4.78 is 0. The molecule has 0 aromatic carbocycles. The molecule has 2 aliphatic rings. The van der Waals surface area contributed by atoms with Crippen molar-refractivity contribution in [1.29, 1.82) is 0 Å². The lowest BCUT2D eigenvalue weighted by atomic mass is 9.92. The van der Waals surface area contributed by atoms with Crippen LogP contribution in [0.15, 0.2) is 39.6 Å². The number of fused-ring (bicyclic) bond motifs is 1. The van der Waals surface area contributed by atoms with E-state index in [1.807, 2.05) is 0 Å². The van der Waals surface area contributed by atoms with E-state index in [2.05, 4.69) is 47.5 Å². The zero-order valence-electron chi connectivity index (χ0n) is 18.1. The molecule has 2 aromatic heterocycles. The topological polar surface area (TPSA) is 202 Å². The van der Waals surface area contributed by atoms with E-state index < -0.39 is 27.4 Å². The van der Waals surface area contributed by atoms with Gasteiger partial charge in [-0.1, -0.05) is 34.8 Å². The number of amides is 2. The Balaban J connectivity index is 1.98. The average Bonchev–Trinajstić information content (AvgIpc) is 3.48. The molecular weight excluding hydrogens is 518 g/mol. The Hall–Kier alpha value is -3.44. The molecule has 1 saturated heterocycles. The van der Waals surface area contributed by atoms with Crippen molar-refractivity contribution in [1.82, 2.24) is 35.8 Å². The Kier molecular flexibility index (Phi) is 7.08. The number of oxime groups is 1. The number of H-pyrrole nitrogens is 1. The molecule has 184 valence electrons. The molecule has 0 aliphatic carbocycles. The van der Waals surface area contributed by atoms with Gasteiger partial charge in [0.15, 0.2) is 10.0 Å². The molecule has 2 aromatic rings. The number of aliphatic carboxylic acids is 1. The third kappa shape index (κ3) is 4.61. The Bertz CT molecular complexity index is 1210. The third-order valence-electron chi connectivity index (χ3n) is 5.04. The Morgan fingerprint density at radius 1 is 1.60 bits per heavy atom. The second-order valence-electron chi connectivity index (χ2n) is 7.10. The molecule has 0 radical (unpaired) electrons. The molecule has 2 amide bonds. The zero-order valence-corrected chi connectivity index (χ0v) is 20.5. The molecule has 2 aliphatic heterocycles. The molecule has 1 fully saturated rings. The van der Waals surface area contributed by atoms with Crippen LogP contribution in [0, 0.1) is 0 Å². The monoisotopic (exact) mass is 537 g/mol. The van der Waals surface area contributed by atoms with Gasteiger partial charge in [-0.2, -0.15) is 0 Å². The van der Waals surface area contributed by atoms with E-state index >= 15 is 0 Å². The molecule has 0 spiro atoms. The standard InChI is InChI=1S/C18H19N9O5S3/c1-3-4-8(34-17-23-25-26-24-17)13-14(15(30)31)27-11(29)5-12(27)35-18(13,9-7-33-16(19)21-9)22-10(28)6-20-32-2/h3,6-8,12H,1,4-5H2,2H3,(H2,19,21)(H,22,28)(H,30,31)(H,23,24,25,26)/t8?,12-,18?/m0/s1. The summed E-state index contributed by atoms with van der Waals surface area (Å²) in [4.78, 5) is 46.8. The van der Waals surface area contributed by atoms with Gasteiger partial charge < -0.3 is 21.0 Å². The van der Waals surface area contributed by atoms with Crippen molar-refractivity contribution >= 4 is 64.0 Å². The lowest BCUT2D eigenvalue weighted by Gasteiger charge is -2.52. The van der Waals surface area contributed by atoms with Gasteiger partial charge in [-0.15, -0.1) is 23.0 Å². The summed E-state index contributed by atoms with van der Waals surface area (Å²) in [5.41, 5.74) is 6.18. The molecule has 0 bridgehead atoms. The van der Waals surface area contributed by atoms with Crippen LogP contribution in [0.3, 0.4) is 0 Å². The summed E-state index contributed by atoms with van der Waals surface area (Å²) >= 11 is 3.44. The Morgan fingerprint density at radius 2 is 2.40 bits per heavy atom. The number of hydrogen-bond donors (Lipinski definition) is 4. The van der Waals surface area contributed by atoms with Crippen LogP contribution in [0.1, 0.15) is 18.5 Å². The number of rotatable bonds is 10. The number of allylic oxidation sites excluding steroid dienone is 1. The normalized spacial score (nSPS) is 22.5. The van der Waals surface area contributed by atoms with Crippen LogP contribution >= 0.6 is 34.9 Å². The first-order valence-corrected chi connectivity index (χ1v) is 12.5.